The molecule has 1 N–H and O–H groups in total. The number of carbonyl (C=O) groups excluding carboxylic acids is 1. The molecule has 0 spiro atoms. The zero-order valence-electron chi connectivity index (χ0n) is 16.5. The van der Waals surface area contributed by atoms with Crippen LogP contribution in [0.25, 0.3) is 0 Å². The van der Waals surface area contributed by atoms with Crippen LogP contribution in [0.3, 0.4) is 0 Å². The summed E-state index contributed by atoms with van der Waals surface area (Å²) in [5.74, 6) is -2.48. The van der Waals surface area contributed by atoms with Gasteiger partial charge < -0.3 is 5.32 Å². The number of nitrogens with zero attached hydrogens (tertiary/aromatic N) is 1. The first-order valence-corrected chi connectivity index (χ1v) is 11.4. The highest BCUT2D eigenvalue weighted by molar-refractivity contribution is 9.10. The summed E-state index contributed by atoms with van der Waals surface area (Å²) in [6, 6.07) is 16.0. The van der Waals surface area contributed by atoms with Crippen LogP contribution in [0, 0.1) is 18.6 Å². The third-order valence-electron chi connectivity index (χ3n) is 4.46. The molecular formula is C22H19BrF2N2O3S. The highest BCUT2D eigenvalue weighted by Crippen LogP contribution is 2.21. The number of sulfonamides is 1. The number of benzene rings is 3. The Labute approximate surface area is 187 Å². The first-order chi connectivity index (χ1) is 14.6. The van der Waals surface area contributed by atoms with Gasteiger partial charge in [-0.1, -0.05) is 45.8 Å². The van der Waals surface area contributed by atoms with Crippen LogP contribution < -0.4 is 5.32 Å². The summed E-state index contributed by atoms with van der Waals surface area (Å²) in [5, 5.41) is 2.30. The molecule has 3 aromatic carbocycles. The lowest BCUT2D eigenvalue weighted by atomic mass is 10.2. The Hall–Kier alpha value is -2.62. The van der Waals surface area contributed by atoms with Gasteiger partial charge in [0, 0.05) is 17.1 Å². The molecule has 0 saturated heterocycles. The largest absolute Gasteiger partial charge is 0.322 e. The van der Waals surface area contributed by atoms with Crippen molar-refractivity contribution in [2.24, 2.45) is 0 Å². The van der Waals surface area contributed by atoms with E-state index >= 15 is 0 Å². The normalized spacial score (nSPS) is 11.5. The standard InChI is InChI=1S/C22H19BrF2N2O3S/c1-15-2-9-19(10-3-15)31(29,30)27(13-16-4-6-17(23)7-5-16)14-22(28)26-21-11-8-18(24)12-20(21)25/h2-12H,13-14H2,1H3,(H,26,28). The van der Waals surface area contributed by atoms with E-state index < -0.39 is 34.1 Å². The molecule has 5 nitrogen and oxygen atoms in total. The average Bonchev–Trinajstić information content (AvgIpc) is 2.71. The topological polar surface area (TPSA) is 66.5 Å². The van der Waals surface area contributed by atoms with Crippen LogP contribution in [-0.2, 0) is 21.4 Å². The second-order valence-corrected chi connectivity index (χ2v) is 9.74. The van der Waals surface area contributed by atoms with E-state index in [4.69, 9.17) is 0 Å². The molecule has 0 unspecified atom stereocenters. The molecule has 0 aliphatic rings. The van der Waals surface area contributed by atoms with Gasteiger partial charge in [-0.15, -0.1) is 0 Å². The highest BCUT2D eigenvalue weighted by atomic mass is 79.9. The molecule has 0 radical (unpaired) electrons. The van der Waals surface area contributed by atoms with E-state index in [0.29, 0.717) is 11.6 Å². The maximum atomic E-state index is 13.9. The van der Waals surface area contributed by atoms with Crippen LogP contribution in [0.15, 0.2) is 76.1 Å². The van der Waals surface area contributed by atoms with Crippen LogP contribution in [-0.4, -0.2) is 25.2 Å². The zero-order chi connectivity index (χ0) is 22.6. The van der Waals surface area contributed by atoms with Crippen molar-refractivity contribution in [1.29, 1.82) is 0 Å². The molecular weight excluding hydrogens is 490 g/mol. The van der Waals surface area contributed by atoms with Crippen LogP contribution in [0.1, 0.15) is 11.1 Å². The molecule has 0 aliphatic heterocycles. The van der Waals surface area contributed by atoms with Gasteiger partial charge in [0.25, 0.3) is 0 Å². The first-order valence-electron chi connectivity index (χ1n) is 9.21. The molecule has 1 amide bonds. The number of halogens is 3. The minimum absolute atomic E-state index is 0.0379. The van der Waals surface area contributed by atoms with Gasteiger partial charge >= 0.3 is 0 Å². The molecule has 0 bridgehead atoms. The van der Waals surface area contributed by atoms with Crippen molar-refractivity contribution in [3.63, 3.8) is 0 Å². The smallest absolute Gasteiger partial charge is 0.243 e. The first kappa shape index (κ1) is 23.1. The van der Waals surface area contributed by atoms with Crippen molar-refractivity contribution in [2.75, 3.05) is 11.9 Å². The van der Waals surface area contributed by atoms with Gasteiger partial charge in [-0.25, -0.2) is 17.2 Å². The molecule has 0 fully saturated rings. The maximum Gasteiger partial charge on any atom is 0.243 e. The van der Waals surface area contributed by atoms with Gasteiger partial charge in [0.05, 0.1) is 17.1 Å². The third-order valence-corrected chi connectivity index (χ3v) is 6.79. The van der Waals surface area contributed by atoms with Gasteiger partial charge in [-0.3, -0.25) is 4.79 Å². The van der Waals surface area contributed by atoms with Crippen molar-refractivity contribution < 1.29 is 22.0 Å². The average molecular weight is 509 g/mol. The lowest BCUT2D eigenvalue weighted by molar-refractivity contribution is -0.116. The molecule has 3 aromatic rings. The Morgan fingerprint density at radius 3 is 2.26 bits per heavy atom. The van der Waals surface area contributed by atoms with Crippen molar-refractivity contribution in [3.05, 3.63) is 94.0 Å². The fraction of sp³-hybridized carbons (Fsp3) is 0.136. The van der Waals surface area contributed by atoms with Gasteiger partial charge in [0.1, 0.15) is 11.6 Å². The fourth-order valence-electron chi connectivity index (χ4n) is 2.82. The van der Waals surface area contributed by atoms with Crippen LogP contribution in [0.2, 0.25) is 0 Å². The Bertz CT molecular complexity index is 1180. The monoisotopic (exact) mass is 508 g/mol. The number of anilines is 1. The Morgan fingerprint density at radius 2 is 1.65 bits per heavy atom. The number of carbonyl (C=O) groups is 1. The number of hydrogen-bond acceptors (Lipinski definition) is 3. The summed E-state index contributed by atoms with van der Waals surface area (Å²) in [6.07, 6.45) is 0. The van der Waals surface area contributed by atoms with Gasteiger partial charge in [0.15, 0.2) is 0 Å². The van der Waals surface area contributed by atoms with Crippen molar-refractivity contribution in [3.8, 4) is 0 Å². The molecule has 0 heterocycles. The van der Waals surface area contributed by atoms with Gasteiger partial charge in [0.2, 0.25) is 15.9 Å². The minimum atomic E-state index is -4.02. The molecule has 0 atom stereocenters. The molecule has 3 rings (SSSR count). The lowest BCUT2D eigenvalue weighted by Gasteiger charge is -2.22. The second kappa shape index (κ2) is 9.67. The van der Waals surface area contributed by atoms with E-state index in [0.717, 1.165) is 26.5 Å². The Balaban J connectivity index is 1.88. The summed E-state index contributed by atoms with van der Waals surface area (Å²) in [6.45, 7) is 1.21. The Morgan fingerprint density at radius 1 is 1.00 bits per heavy atom. The van der Waals surface area contributed by atoms with Crippen LogP contribution >= 0.6 is 15.9 Å². The SMILES string of the molecule is Cc1ccc(S(=O)(=O)N(CC(=O)Nc2ccc(F)cc2F)Cc2ccc(Br)cc2)cc1. The maximum absolute atomic E-state index is 13.9. The second-order valence-electron chi connectivity index (χ2n) is 6.88. The van der Waals surface area contributed by atoms with Crippen molar-refractivity contribution in [1.82, 2.24) is 4.31 Å². The lowest BCUT2D eigenvalue weighted by Crippen LogP contribution is -2.37. The minimum Gasteiger partial charge on any atom is -0.322 e. The fourth-order valence-corrected chi connectivity index (χ4v) is 4.47. The summed E-state index contributed by atoms with van der Waals surface area (Å²) in [4.78, 5) is 12.6. The highest BCUT2D eigenvalue weighted by Gasteiger charge is 2.27. The van der Waals surface area contributed by atoms with Crippen molar-refractivity contribution >= 4 is 37.5 Å². The number of hydrogen-bond donors (Lipinski definition) is 1. The number of nitrogens with one attached hydrogen (secondary N) is 1. The molecule has 162 valence electrons. The van der Waals surface area contributed by atoms with Crippen molar-refractivity contribution in [2.45, 2.75) is 18.4 Å². The predicted molar refractivity (Wildman–Crippen MR) is 118 cm³/mol. The van der Waals surface area contributed by atoms with E-state index in [1.54, 1.807) is 36.4 Å². The number of amides is 1. The molecule has 9 heteroatoms. The summed E-state index contributed by atoms with van der Waals surface area (Å²) < 4.78 is 55.3. The molecule has 0 aromatic heterocycles. The Kier molecular flexibility index (Phi) is 7.19. The van der Waals surface area contributed by atoms with Crippen LogP contribution in [0.4, 0.5) is 14.5 Å². The molecule has 0 aliphatic carbocycles. The predicted octanol–water partition coefficient (Wildman–Crippen LogP) is 4.87. The van der Waals surface area contributed by atoms with E-state index in [-0.39, 0.29) is 17.1 Å². The number of aryl methyl sites for hydroxylation is 1. The summed E-state index contributed by atoms with van der Waals surface area (Å²) in [5.41, 5.74) is 1.32. The van der Waals surface area contributed by atoms with E-state index in [2.05, 4.69) is 21.2 Å². The van der Waals surface area contributed by atoms with Gasteiger partial charge in [-0.05, 0) is 48.9 Å². The summed E-state index contributed by atoms with van der Waals surface area (Å²) in [7, 11) is -4.02. The van der Waals surface area contributed by atoms with E-state index in [1.807, 2.05) is 6.92 Å². The van der Waals surface area contributed by atoms with E-state index in [1.165, 1.54) is 12.1 Å². The molecule has 31 heavy (non-hydrogen) atoms. The van der Waals surface area contributed by atoms with E-state index in [9.17, 15) is 22.0 Å². The summed E-state index contributed by atoms with van der Waals surface area (Å²) >= 11 is 3.33. The van der Waals surface area contributed by atoms with Gasteiger partial charge in [-0.2, -0.15) is 4.31 Å². The zero-order valence-corrected chi connectivity index (χ0v) is 18.9. The number of rotatable bonds is 7. The molecule has 0 saturated carbocycles. The quantitative estimate of drug-likeness (QED) is 0.495. The third kappa shape index (κ3) is 5.96. The van der Waals surface area contributed by atoms with Crippen LogP contribution in [0.5, 0.6) is 0 Å².